The lowest BCUT2D eigenvalue weighted by molar-refractivity contribution is 0.326. The normalized spacial score (nSPS) is 10.2. The SMILES string of the molecule is C=CCOc1ccc(CNCCc2ccccc2OC)cc1OC. The Balaban J connectivity index is 1.86. The van der Waals surface area contributed by atoms with Crippen LogP contribution in [0.5, 0.6) is 17.2 Å². The third kappa shape index (κ3) is 5.03. The van der Waals surface area contributed by atoms with E-state index in [0.29, 0.717) is 6.61 Å². The topological polar surface area (TPSA) is 39.7 Å². The van der Waals surface area contributed by atoms with Gasteiger partial charge in [0.1, 0.15) is 12.4 Å². The van der Waals surface area contributed by atoms with Gasteiger partial charge in [0.05, 0.1) is 14.2 Å². The highest BCUT2D eigenvalue weighted by atomic mass is 16.5. The van der Waals surface area contributed by atoms with Gasteiger partial charge in [0.15, 0.2) is 11.5 Å². The number of hydrogen-bond acceptors (Lipinski definition) is 4. The number of nitrogens with one attached hydrogen (secondary N) is 1. The molecule has 2 aromatic carbocycles. The maximum Gasteiger partial charge on any atom is 0.161 e. The molecule has 0 saturated carbocycles. The average Bonchev–Trinajstić information content (AvgIpc) is 2.64. The lowest BCUT2D eigenvalue weighted by Crippen LogP contribution is -2.17. The Morgan fingerprint density at radius 3 is 2.54 bits per heavy atom. The molecule has 0 spiro atoms. The molecule has 0 aliphatic carbocycles. The Morgan fingerprint density at radius 1 is 1.00 bits per heavy atom. The van der Waals surface area contributed by atoms with Crippen molar-refractivity contribution in [3.63, 3.8) is 0 Å². The van der Waals surface area contributed by atoms with Crippen molar-refractivity contribution in [2.45, 2.75) is 13.0 Å². The lowest BCUT2D eigenvalue weighted by Gasteiger charge is -2.12. The summed E-state index contributed by atoms with van der Waals surface area (Å²) in [5.41, 5.74) is 2.36. The zero-order valence-corrected chi connectivity index (χ0v) is 14.4. The summed E-state index contributed by atoms with van der Waals surface area (Å²) in [6, 6.07) is 14.1. The van der Waals surface area contributed by atoms with Gasteiger partial charge in [-0.3, -0.25) is 0 Å². The van der Waals surface area contributed by atoms with Crippen LogP contribution in [0, 0.1) is 0 Å². The Bertz CT molecular complexity index is 655. The van der Waals surface area contributed by atoms with E-state index in [1.165, 1.54) is 5.56 Å². The minimum Gasteiger partial charge on any atom is -0.496 e. The molecule has 1 N–H and O–H groups in total. The minimum atomic E-state index is 0.465. The average molecular weight is 327 g/mol. The molecule has 4 nitrogen and oxygen atoms in total. The fraction of sp³-hybridized carbons (Fsp3) is 0.300. The Kier molecular flexibility index (Phi) is 7.18. The third-order valence-corrected chi connectivity index (χ3v) is 3.68. The number of methoxy groups -OCH3 is 2. The smallest absolute Gasteiger partial charge is 0.161 e. The molecule has 0 aromatic heterocycles. The molecule has 0 bridgehead atoms. The number of para-hydroxylation sites is 1. The molecule has 0 fully saturated rings. The third-order valence-electron chi connectivity index (χ3n) is 3.68. The summed E-state index contributed by atoms with van der Waals surface area (Å²) in [5, 5.41) is 3.45. The highest BCUT2D eigenvalue weighted by Crippen LogP contribution is 2.28. The van der Waals surface area contributed by atoms with Gasteiger partial charge in [0.2, 0.25) is 0 Å². The Labute approximate surface area is 144 Å². The van der Waals surface area contributed by atoms with Crippen molar-refractivity contribution in [3.05, 3.63) is 66.2 Å². The van der Waals surface area contributed by atoms with E-state index in [-0.39, 0.29) is 0 Å². The van der Waals surface area contributed by atoms with Crippen molar-refractivity contribution in [1.82, 2.24) is 5.32 Å². The maximum absolute atomic E-state index is 5.56. The van der Waals surface area contributed by atoms with Crippen LogP contribution >= 0.6 is 0 Å². The first-order chi connectivity index (χ1) is 11.8. The van der Waals surface area contributed by atoms with Crippen molar-refractivity contribution in [1.29, 1.82) is 0 Å². The minimum absolute atomic E-state index is 0.465. The summed E-state index contributed by atoms with van der Waals surface area (Å²) in [4.78, 5) is 0. The molecule has 24 heavy (non-hydrogen) atoms. The molecular weight excluding hydrogens is 302 g/mol. The molecule has 0 aliphatic heterocycles. The molecule has 0 aliphatic rings. The van der Waals surface area contributed by atoms with Crippen LogP contribution in [0.3, 0.4) is 0 Å². The van der Waals surface area contributed by atoms with Gasteiger partial charge in [-0.15, -0.1) is 0 Å². The van der Waals surface area contributed by atoms with Gasteiger partial charge in [-0.05, 0) is 42.3 Å². The summed E-state index contributed by atoms with van der Waals surface area (Å²) in [6.45, 7) is 5.76. The van der Waals surface area contributed by atoms with Gasteiger partial charge in [-0.1, -0.05) is 36.9 Å². The molecule has 0 atom stereocenters. The first-order valence-corrected chi connectivity index (χ1v) is 8.01. The molecule has 0 unspecified atom stereocenters. The van der Waals surface area contributed by atoms with E-state index in [4.69, 9.17) is 14.2 Å². The number of ether oxygens (including phenoxy) is 3. The summed E-state index contributed by atoms with van der Waals surface area (Å²) in [5.74, 6) is 2.40. The van der Waals surface area contributed by atoms with Crippen LogP contribution in [-0.4, -0.2) is 27.4 Å². The molecule has 2 aromatic rings. The van der Waals surface area contributed by atoms with Crippen LogP contribution in [0.1, 0.15) is 11.1 Å². The van der Waals surface area contributed by atoms with Crippen molar-refractivity contribution in [2.75, 3.05) is 27.4 Å². The molecule has 2 rings (SSSR count). The van der Waals surface area contributed by atoms with Crippen LogP contribution in [0.2, 0.25) is 0 Å². The second kappa shape index (κ2) is 9.63. The van der Waals surface area contributed by atoms with Gasteiger partial charge in [0, 0.05) is 6.54 Å². The van der Waals surface area contributed by atoms with Gasteiger partial charge < -0.3 is 19.5 Å². The highest BCUT2D eigenvalue weighted by molar-refractivity contribution is 5.43. The van der Waals surface area contributed by atoms with Crippen LogP contribution < -0.4 is 19.5 Å². The second-order valence-electron chi connectivity index (χ2n) is 5.32. The standard InChI is InChI=1S/C20H25NO3/c1-4-13-24-19-10-9-16(14-20(19)23-3)15-21-12-11-17-7-5-6-8-18(17)22-2/h4-10,14,21H,1,11-13,15H2,2-3H3. The van der Waals surface area contributed by atoms with Crippen molar-refractivity contribution < 1.29 is 14.2 Å². The highest BCUT2D eigenvalue weighted by Gasteiger charge is 2.06. The second-order valence-corrected chi connectivity index (χ2v) is 5.32. The maximum atomic E-state index is 5.56. The van der Waals surface area contributed by atoms with E-state index >= 15 is 0 Å². The monoisotopic (exact) mass is 327 g/mol. The van der Waals surface area contributed by atoms with E-state index in [2.05, 4.69) is 18.0 Å². The van der Waals surface area contributed by atoms with Crippen LogP contribution in [-0.2, 0) is 13.0 Å². The molecular formula is C20H25NO3. The summed E-state index contributed by atoms with van der Waals surface area (Å²) < 4.78 is 16.3. The number of benzene rings is 2. The molecule has 0 saturated heterocycles. The first-order valence-electron chi connectivity index (χ1n) is 8.01. The fourth-order valence-electron chi connectivity index (χ4n) is 2.46. The number of rotatable bonds is 10. The van der Waals surface area contributed by atoms with E-state index in [1.807, 2.05) is 36.4 Å². The Hall–Kier alpha value is -2.46. The predicted molar refractivity (Wildman–Crippen MR) is 97.1 cm³/mol. The fourth-order valence-corrected chi connectivity index (χ4v) is 2.46. The summed E-state index contributed by atoms with van der Waals surface area (Å²) >= 11 is 0. The van der Waals surface area contributed by atoms with Crippen molar-refractivity contribution in [3.8, 4) is 17.2 Å². The van der Waals surface area contributed by atoms with Gasteiger partial charge in [0.25, 0.3) is 0 Å². The summed E-state index contributed by atoms with van der Waals surface area (Å²) in [7, 11) is 3.35. The van der Waals surface area contributed by atoms with E-state index in [0.717, 1.165) is 42.3 Å². The van der Waals surface area contributed by atoms with E-state index < -0.39 is 0 Å². The van der Waals surface area contributed by atoms with Gasteiger partial charge in [-0.25, -0.2) is 0 Å². The molecule has 0 heterocycles. The zero-order valence-electron chi connectivity index (χ0n) is 14.4. The molecule has 0 radical (unpaired) electrons. The quantitative estimate of drug-likeness (QED) is 0.535. The molecule has 0 amide bonds. The largest absolute Gasteiger partial charge is 0.496 e. The van der Waals surface area contributed by atoms with E-state index in [9.17, 15) is 0 Å². The van der Waals surface area contributed by atoms with Crippen LogP contribution in [0.4, 0.5) is 0 Å². The van der Waals surface area contributed by atoms with E-state index in [1.54, 1.807) is 20.3 Å². The first kappa shape index (κ1) is 17.9. The van der Waals surface area contributed by atoms with Gasteiger partial charge in [-0.2, -0.15) is 0 Å². The number of hydrogen-bond donors (Lipinski definition) is 1. The van der Waals surface area contributed by atoms with Crippen LogP contribution in [0.15, 0.2) is 55.1 Å². The molecule has 4 heteroatoms. The van der Waals surface area contributed by atoms with Crippen LogP contribution in [0.25, 0.3) is 0 Å². The van der Waals surface area contributed by atoms with Gasteiger partial charge >= 0.3 is 0 Å². The zero-order chi connectivity index (χ0) is 17.2. The lowest BCUT2D eigenvalue weighted by atomic mass is 10.1. The van der Waals surface area contributed by atoms with Crippen molar-refractivity contribution >= 4 is 0 Å². The molecule has 128 valence electrons. The predicted octanol–water partition coefficient (Wildman–Crippen LogP) is 3.60. The Morgan fingerprint density at radius 2 is 1.79 bits per heavy atom. The van der Waals surface area contributed by atoms with Crippen molar-refractivity contribution in [2.24, 2.45) is 0 Å². The summed E-state index contributed by atoms with van der Waals surface area (Å²) in [6.07, 6.45) is 2.63.